The maximum Gasteiger partial charge on any atom is 0.141 e. The van der Waals surface area contributed by atoms with Crippen LogP contribution in [0.4, 0.5) is 10.2 Å². The Kier molecular flexibility index (Phi) is 4.52. The summed E-state index contributed by atoms with van der Waals surface area (Å²) in [7, 11) is 0. The highest BCUT2D eigenvalue weighted by Gasteiger charge is 2.04. The molecule has 0 saturated heterocycles. The Morgan fingerprint density at radius 3 is 2.80 bits per heavy atom. The number of pyridine rings is 1. The van der Waals surface area contributed by atoms with E-state index in [-0.39, 0.29) is 5.02 Å². The van der Waals surface area contributed by atoms with Crippen molar-refractivity contribution in [2.24, 2.45) is 5.73 Å². The van der Waals surface area contributed by atoms with Crippen molar-refractivity contribution < 1.29 is 4.39 Å². The third-order valence-electron chi connectivity index (χ3n) is 2.70. The van der Waals surface area contributed by atoms with E-state index in [0.717, 1.165) is 16.8 Å². The highest BCUT2D eigenvalue weighted by atomic mass is 35.5. The molecule has 0 aliphatic carbocycles. The van der Waals surface area contributed by atoms with Gasteiger partial charge in [-0.05, 0) is 36.8 Å². The Bertz CT molecular complexity index is 661. The number of thiocarbonyl (C=S) groups is 1. The predicted molar refractivity (Wildman–Crippen MR) is 83.6 cm³/mol. The van der Waals surface area contributed by atoms with Crippen LogP contribution in [-0.4, -0.2) is 9.97 Å². The maximum absolute atomic E-state index is 13.1. The van der Waals surface area contributed by atoms with Gasteiger partial charge in [-0.15, -0.1) is 0 Å². The SMILES string of the molecule is Cc1cc(C(N)=S)cc(NCc2ccc(F)c(Cl)c2)n1. The van der Waals surface area contributed by atoms with E-state index in [2.05, 4.69) is 10.3 Å². The number of benzene rings is 1. The lowest BCUT2D eigenvalue weighted by Crippen LogP contribution is -2.11. The van der Waals surface area contributed by atoms with Crippen molar-refractivity contribution in [1.29, 1.82) is 0 Å². The summed E-state index contributed by atoms with van der Waals surface area (Å²) in [6, 6.07) is 8.18. The minimum atomic E-state index is -0.431. The summed E-state index contributed by atoms with van der Waals surface area (Å²) < 4.78 is 13.1. The minimum absolute atomic E-state index is 0.102. The molecule has 0 fully saturated rings. The van der Waals surface area contributed by atoms with Crippen LogP contribution in [0.3, 0.4) is 0 Å². The zero-order valence-corrected chi connectivity index (χ0v) is 12.4. The number of hydrogen-bond acceptors (Lipinski definition) is 3. The van der Waals surface area contributed by atoms with Crippen molar-refractivity contribution in [2.75, 3.05) is 5.32 Å². The topological polar surface area (TPSA) is 50.9 Å². The number of aromatic nitrogens is 1. The normalized spacial score (nSPS) is 10.3. The van der Waals surface area contributed by atoms with Gasteiger partial charge in [0, 0.05) is 17.8 Å². The Morgan fingerprint density at radius 2 is 2.15 bits per heavy atom. The molecular weight excluding hydrogens is 297 g/mol. The Balaban J connectivity index is 2.14. The molecule has 20 heavy (non-hydrogen) atoms. The van der Waals surface area contributed by atoms with Gasteiger partial charge in [-0.3, -0.25) is 0 Å². The van der Waals surface area contributed by atoms with Crippen LogP contribution in [0.2, 0.25) is 5.02 Å². The monoisotopic (exact) mass is 309 g/mol. The van der Waals surface area contributed by atoms with Gasteiger partial charge in [0.2, 0.25) is 0 Å². The molecule has 104 valence electrons. The van der Waals surface area contributed by atoms with Gasteiger partial charge in [-0.2, -0.15) is 0 Å². The van der Waals surface area contributed by atoms with Gasteiger partial charge in [0.1, 0.15) is 16.6 Å². The number of halogens is 2. The zero-order chi connectivity index (χ0) is 14.7. The van der Waals surface area contributed by atoms with E-state index >= 15 is 0 Å². The van der Waals surface area contributed by atoms with Crippen molar-refractivity contribution in [1.82, 2.24) is 4.98 Å². The van der Waals surface area contributed by atoms with Crippen LogP contribution in [0.5, 0.6) is 0 Å². The molecule has 0 spiro atoms. The van der Waals surface area contributed by atoms with Crippen LogP contribution in [0.15, 0.2) is 30.3 Å². The van der Waals surface area contributed by atoms with Gasteiger partial charge >= 0.3 is 0 Å². The first-order valence-electron chi connectivity index (χ1n) is 5.92. The second-order valence-corrected chi connectivity index (χ2v) is 5.20. The largest absolute Gasteiger partial charge is 0.389 e. The molecule has 0 unspecified atom stereocenters. The highest BCUT2D eigenvalue weighted by molar-refractivity contribution is 7.80. The van der Waals surface area contributed by atoms with Gasteiger partial charge in [-0.1, -0.05) is 29.9 Å². The molecule has 0 amide bonds. The van der Waals surface area contributed by atoms with Crippen LogP contribution < -0.4 is 11.1 Å². The van der Waals surface area contributed by atoms with Gasteiger partial charge < -0.3 is 11.1 Å². The second-order valence-electron chi connectivity index (χ2n) is 4.35. The van der Waals surface area contributed by atoms with Crippen molar-refractivity contribution in [2.45, 2.75) is 13.5 Å². The molecule has 3 nitrogen and oxygen atoms in total. The lowest BCUT2D eigenvalue weighted by molar-refractivity contribution is 0.627. The molecule has 0 bridgehead atoms. The Labute approximate surface area is 127 Å². The molecule has 0 aliphatic rings. The molecule has 6 heteroatoms. The van der Waals surface area contributed by atoms with E-state index in [1.165, 1.54) is 6.07 Å². The van der Waals surface area contributed by atoms with Crippen LogP contribution in [0.1, 0.15) is 16.8 Å². The summed E-state index contributed by atoms with van der Waals surface area (Å²) in [4.78, 5) is 4.66. The number of nitrogens with one attached hydrogen (secondary N) is 1. The highest BCUT2D eigenvalue weighted by Crippen LogP contribution is 2.17. The molecule has 0 saturated carbocycles. The van der Waals surface area contributed by atoms with E-state index in [4.69, 9.17) is 29.6 Å². The standard InChI is InChI=1S/C14H13ClFN3S/c1-8-4-10(14(17)20)6-13(19-8)18-7-9-2-3-12(16)11(15)5-9/h2-6H,7H2,1H3,(H2,17,20)(H,18,19). The fourth-order valence-electron chi connectivity index (χ4n) is 1.74. The Hall–Kier alpha value is -1.72. The first-order chi connectivity index (χ1) is 9.45. The molecule has 0 radical (unpaired) electrons. The number of aryl methyl sites for hydroxylation is 1. The smallest absolute Gasteiger partial charge is 0.141 e. The van der Waals surface area contributed by atoms with Crippen LogP contribution in [0, 0.1) is 12.7 Å². The van der Waals surface area contributed by atoms with E-state index in [1.54, 1.807) is 18.2 Å². The first kappa shape index (κ1) is 14.7. The number of anilines is 1. The predicted octanol–water partition coefficient (Wildman–Crippen LogP) is 3.43. The molecular formula is C14H13ClFN3S. The number of nitrogens with two attached hydrogens (primary N) is 1. The van der Waals surface area contributed by atoms with Gasteiger partial charge in [0.15, 0.2) is 0 Å². The van der Waals surface area contributed by atoms with Gasteiger partial charge in [-0.25, -0.2) is 9.37 Å². The summed E-state index contributed by atoms with van der Waals surface area (Å²) in [5, 5.41) is 3.24. The van der Waals surface area contributed by atoms with Crippen molar-refractivity contribution in [3.63, 3.8) is 0 Å². The Morgan fingerprint density at radius 1 is 1.40 bits per heavy atom. The zero-order valence-electron chi connectivity index (χ0n) is 10.8. The van der Waals surface area contributed by atoms with E-state index in [9.17, 15) is 4.39 Å². The molecule has 0 atom stereocenters. The third kappa shape index (κ3) is 3.65. The number of nitrogens with zero attached hydrogens (tertiary/aromatic N) is 1. The van der Waals surface area contributed by atoms with E-state index < -0.39 is 5.82 Å². The minimum Gasteiger partial charge on any atom is -0.389 e. The van der Waals surface area contributed by atoms with Crippen molar-refractivity contribution in [3.8, 4) is 0 Å². The molecule has 1 aromatic heterocycles. The average molecular weight is 310 g/mol. The maximum atomic E-state index is 13.1. The van der Waals surface area contributed by atoms with Crippen LogP contribution in [-0.2, 0) is 6.54 Å². The molecule has 2 rings (SSSR count). The second kappa shape index (κ2) is 6.15. The fourth-order valence-corrected chi connectivity index (χ4v) is 2.06. The summed E-state index contributed by atoms with van der Waals surface area (Å²) in [6.07, 6.45) is 0. The number of hydrogen-bond donors (Lipinski definition) is 2. The summed E-state index contributed by atoms with van der Waals surface area (Å²) in [6.45, 7) is 2.34. The summed E-state index contributed by atoms with van der Waals surface area (Å²) >= 11 is 10.7. The molecule has 2 aromatic rings. The van der Waals surface area contributed by atoms with Crippen LogP contribution in [0.25, 0.3) is 0 Å². The number of rotatable bonds is 4. The summed E-state index contributed by atoms with van der Waals surface area (Å²) in [5.41, 5.74) is 8.04. The van der Waals surface area contributed by atoms with E-state index in [1.807, 2.05) is 13.0 Å². The summed E-state index contributed by atoms with van der Waals surface area (Å²) in [5.74, 6) is 0.230. The average Bonchev–Trinajstić information content (AvgIpc) is 2.39. The fraction of sp³-hybridized carbons (Fsp3) is 0.143. The van der Waals surface area contributed by atoms with E-state index in [0.29, 0.717) is 17.4 Å². The molecule has 3 N–H and O–H groups in total. The van der Waals surface area contributed by atoms with Crippen molar-refractivity contribution >= 4 is 34.6 Å². The van der Waals surface area contributed by atoms with Crippen LogP contribution >= 0.6 is 23.8 Å². The first-order valence-corrected chi connectivity index (χ1v) is 6.70. The quantitative estimate of drug-likeness (QED) is 0.850. The van der Waals surface area contributed by atoms with Crippen molar-refractivity contribution in [3.05, 3.63) is 58.0 Å². The lowest BCUT2D eigenvalue weighted by Gasteiger charge is -2.09. The lowest BCUT2D eigenvalue weighted by atomic mass is 10.2. The molecule has 1 heterocycles. The van der Waals surface area contributed by atoms with Gasteiger partial charge in [0.25, 0.3) is 0 Å². The molecule has 1 aromatic carbocycles. The van der Waals surface area contributed by atoms with Gasteiger partial charge in [0.05, 0.1) is 5.02 Å². The third-order valence-corrected chi connectivity index (χ3v) is 3.22. The molecule has 0 aliphatic heterocycles.